The number of carbonyl (C=O) groups is 1. The average molecular weight is 335 g/mol. The van der Waals surface area contributed by atoms with Gasteiger partial charge in [0.05, 0.1) is 6.61 Å². The largest absolute Gasteiger partial charge is 0.462 e. The van der Waals surface area contributed by atoms with Crippen LogP contribution >= 0.6 is 0 Å². The molecule has 5 heteroatoms. The highest BCUT2D eigenvalue weighted by Crippen LogP contribution is 2.22. The lowest BCUT2D eigenvalue weighted by Gasteiger charge is -2.07. The van der Waals surface area contributed by atoms with Crippen molar-refractivity contribution in [2.24, 2.45) is 0 Å². The smallest absolute Gasteiger partial charge is 0.336 e. The van der Waals surface area contributed by atoms with E-state index in [1.54, 1.807) is 6.07 Å². The molecule has 25 heavy (non-hydrogen) atoms. The van der Waals surface area contributed by atoms with Crippen LogP contribution in [-0.2, 0) is 0 Å². The van der Waals surface area contributed by atoms with Gasteiger partial charge in [0.2, 0.25) is 0 Å². The van der Waals surface area contributed by atoms with E-state index in [9.17, 15) is 4.79 Å². The first-order chi connectivity index (χ1) is 12.1. The quantitative estimate of drug-likeness (QED) is 0.706. The molecule has 0 unspecified atom stereocenters. The first-order valence-electron chi connectivity index (χ1n) is 8.37. The van der Waals surface area contributed by atoms with Gasteiger partial charge in [-0.15, -0.1) is 5.10 Å². The van der Waals surface area contributed by atoms with Crippen molar-refractivity contribution in [1.82, 2.24) is 14.8 Å². The van der Waals surface area contributed by atoms with Gasteiger partial charge < -0.3 is 4.74 Å². The number of nitrogens with zero attached hydrogens (tertiary/aromatic N) is 3. The lowest BCUT2D eigenvalue weighted by molar-refractivity contribution is 0.0944. The molecule has 1 heterocycles. The third-order valence-corrected chi connectivity index (χ3v) is 3.90. The first kappa shape index (κ1) is 16.9. The van der Waals surface area contributed by atoms with Gasteiger partial charge in [0.1, 0.15) is 0 Å². The van der Waals surface area contributed by atoms with E-state index in [1.165, 1.54) is 4.68 Å². The molecule has 0 amide bonds. The third kappa shape index (κ3) is 3.60. The van der Waals surface area contributed by atoms with Crippen molar-refractivity contribution in [2.45, 2.75) is 27.2 Å². The molecule has 0 fully saturated rings. The SMILES string of the molecule is CCCOc1nc(-c2ccc(C)cc2)n(C(=O)c2ccccc2C)n1. The van der Waals surface area contributed by atoms with Gasteiger partial charge in [0.15, 0.2) is 5.82 Å². The summed E-state index contributed by atoms with van der Waals surface area (Å²) in [6.07, 6.45) is 0.847. The van der Waals surface area contributed by atoms with Crippen LogP contribution in [-0.4, -0.2) is 27.3 Å². The molecule has 5 nitrogen and oxygen atoms in total. The van der Waals surface area contributed by atoms with Crippen molar-refractivity contribution in [3.63, 3.8) is 0 Å². The molecule has 1 aromatic heterocycles. The average Bonchev–Trinajstić information content (AvgIpc) is 3.04. The number of benzene rings is 2. The summed E-state index contributed by atoms with van der Waals surface area (Å²) in [6, 6.07) is 15.5. The number of hydrogen-bond donors (Lipinski definition) is 0. The maximum absolute atomic E-state index is 13.0. The second kappa shape index (κ2) is 7.30. The van der Waals surface area contributed by atoms with E-state index in [-0.39, 0.29) is 11.9 Å². The molecule has 0 aliphatic carbocycles. The van der Waals surface area contributed by atoms with Gasteiger partial charge in [-0.1, -0.05) is 55.0 Å². The fourth-order valence-electron chi connectivity index (χ4n) is 2.51. The molecule has 0 spiro atoms. The standard InChI is InChI=1S/C20H21N3O2/c1-4-13-25-20-21-18(16-11-9-14(2)10-12-16)23(22-20)19(24)17-8-6-5-7-15(17)3/h5-12H,4,13H2,1-3H3. The Kier molecular flexibility index (Phi) is 4.93. The van der Waals surface area contributed by atoms with Crippen molar-refractivity contribution in [3.8, 4) is 17.4 Å². The summed E-state index contributed by atoms with van der Waals surface area (Å²) in [7, 11) is 0. The maximum atomic E-state index is 13.0. The number of aromatic nitrogens is 3. The normalized spacial score (nSPS) is 10.7. The summed E-state index contributed by atoms with van der Waals surface area (Å²) >= 11 is 0. The fraction of sp³-hybridized carbons (Fsp3) is 0.250. The van der Waals surface area contributed by atoms with Crippen LogP contribution < -0.4 is 4.74 Å². The van der Waals surface area contributed by atoms with Crippen LogP contribution in [0.5, 0.6) is 6.01 Å². The number of ether oxygens (including phenoxy) is 1. The second-order valence-electron chi connectivity index (χ2n) is 5.96. The molecule has 0 aliphatic rings. The monoisotopic (exact) mass is 335 g/mol. The minimum absolute atomic E-state index is 0.215. The van der Waals surface area contributed by atoms with Gasteiger partial charge in [0, 0.05) is 11.1 Å². The first-order valence-corrected chi connectivity index (χ1v) is 8.37. The minimum Gasteiger partial charge on any atom is -0.462 e. The Hall–Kier alpha value is -2.95. The second-order valence-corrected chi connectivity index (χ2v) is 5.96. The Bertz CT molecular complexity index is 882. The Balaban J connectivity index is 2.07. The van der Waals surface area contributed by atoms with Crippen LogP contribution in [0.3, 0.4) is 0 Å². The van der Waals surface area contributed by atoms with E-state index in [0.29, 0.717) is 18.0 Å². The molecule has 2 aromatic carbocycles. The molecular weight excluding hydrogens is 314 g/mol. The number of carbonyl (C=O) groups excluding carboxylic acids is 1. The summed E-state index contributed by atoms with van der Waals surface area (Å²) in [5.74, 6) is 0.270. The van der Waals surface area contributed by atoms with Crippen LogP contribution in [0, 0.1) is 13.8 Å². The molecule has 128 valence electrons. The Labute approximate surface area is 147 Å². The van der Waals surface area contributed by atoms with Crippen molar-refractivity contribution in [1.29, 1.82) is 0 Å². The van der Waals surface area contributed by atoms with Crippen LogP contribution in [0.25, 0.3) is 11.4 Å². The highest BCUT2D eigenvalue weighted by molar-refractivity contribution is 5.98. The maximum Gasteiger partial charge on any atom is 0.336 e. The van der Waals surface area contributed by atoms with Gasteiger partial charge in [-0.25, -0.2) is 0 Å². The number of hydrogen-bond acceptors (Lipinski definition) is 4. The molecule has 0 aliphatic heterocycles. The minimum atomic E-state index is -0.215. The summed E-state index contributed by atoms with van der Waals surface area (Å²) in [4.78, 5) is 17.5. The molecule has 0 N–H and O–H groups in total. The topological polar surface area (TPSA) is 57.0 Å². The molecule has 3 aromatic rings. The lowest BCUT2D eigenvalue weighted by Crippen LogP contribution is -2.16. The summed E-state index contributed by atoms with van der Waals surface area (Å²) in [5.41, 5.74) is 3.46. The third-order valence-electron chi connectivity index (χ3n) is 3.90. The van der Waals surface area contributed by atoms with E-state index in [4.69, 9.17) is 4.74 Å². The molecule has 0 saturated heterocycles. The molecule has 0 radical (unpaired) electrons. The molecule has 0 bridgehead atoms. The van der Waals surface area contributed by atoms with E-state index < -0.39 is 0 Å². The molecule has 3 rings (SSSR count). The van der Waals surface area contributed by atoms with Gasteiger partial charge in [-0.05, 0) is 31.9 Å². The summed E-state index contributed by atoms with van der Waals surface area (Å²) < 4.78 is 6.87. The number of rotatable bonds is 5. The Morgan fingerprint density at radius 2 is 1.80 bits per heavy atom. The van der Waals surface area contributed by atoms with E-state index in [1.807, 2.05) is 63.2 Å². The van der Waals surface area contributed by atoms with Crippen molar-refractivity contribution in [2.75, 3.05) is 6.61 Å². The highest BCUT2D eigenvalue weighted by atomic mass is 16.5. The zero-order chi connectivity index (χ0) is 17.8. The number of aryl methyl sites for hydroxylation is 2. The highest BCUT2D eigenvalue weighted by Gasteiger charge is 2.20. The predicted molar refractivity (Wildman–Crippen MR) is 96.9 cm³/mol. The lowest BCUT2D eigenvalue weighted by atomic mass is 10.1. The van der Waals surface area contributed by atoms with Gasteiger partial charge >= 0.3 is 6.01 Å². The van der Waals surface area contributed by atoms with E-state index >= 15 is 0 Å². The summed E-state index contributed by atoms with van der Waals surface area (Å²) in [6.45, 7) is 6.44. The van der Waals surface area contributed by atoms with Crippen molar-refractivity contribution >= 4 is 5.91 Å². The molecular formula is C20H21N3O2. The zero-order valence-corrected chi connectivity index (χ0v) is 14.7. The molecule has 0 saturated carbocycles. The summed E-state index contributed by atoms with van der Waals surface area (Å²) in [5, 5.41) is 4.30. The Morgan fingerprint density at radius 1 is 1.08 bits per heavy atom. The predicted octanol–water partition coefficient (Wildman–Crippen LogP) is 4.04. The van der Waals surface area contributed by atoms with Gasteiger partial charge in [0.25, 0.3) is 5.91 Å². The van der Waals surface area contributed by atoms with E-state index in [0.717, 1.165) is 23.1 Å². The van der Waals surface area contributed by atoms with Crippen LogP contribution in [0.4, 0.5) is 0 Å². The van der Waals surface area contributed by atoms with Crippen molar-refractivity contribution in [3.05, 3.63) is 65.2 Å². The zero-order valence-electron chi connectivity index (χ0n) is 14.7. The van der Waals surface area contributed by atoms with Crippen molar-refractivity contribution < 1.29 is 9.53 Å². The van der Waals surface area contributed by atoms with Crippen LogP contribution in [0.2, 0.25) is 0 Å². The van der Waals surface area contributed by atoms with Crippen LogP contribution in [0.15, 0.2) is 48.5 Å². The van der Waals surface area contributed by atoms with Crippen LogP contribution in [0.1, 0.15) is 34.8 Å². The van der Waals surface area contributed by atoms with Gasteiger partial charge in [-0.3, -0.25) is 4.79 Å². The Morgan fingerprint density at radius 3 is 2.48 bits per heavy atom. The van der Waals surface area contributed by atoms with E-state index in [2.05, 4.69) is 10.1 Å². The fourth-order valence-corrected chi connectivity index (χ4v) is 2.51. The van der Waals surface area contributed by atoms with Gasteiger partial charge in [-0.2, -0.15) is 9.67 Å². The molecule has 0 atom stereocenters.